The monoisotopic (exact) mass is 333 g/mol. The third-order valence-electron chi connectivity index (χ3n) is 3.68. The number of nitrogens with two attached hydrogens (primary N) is 1. The van der Waals surface area contributed by atoms with Crippen LogP contribution in [0.5, 0.6) is 5.75 Å². The molecule has 0 fully saturated rings. The maximum Gasteiger partial charge on any atom is 0.244 e. The molecular formula is C20H19N3O2. The second-order valence-electron chi connectivity index (χ2n) is 5.53. The van der Waals surface area contributed by atoms with E-state index in [4.69, 9.17) is 10.5 Å². The summed E-state index contributed by atoms with van der Waals surface area (Å²) in [5.74, 6) is 0.248. The van der Waals surface area contributed by atoms with Crippen LogP contribution in [0.25, 0.3) is 0 Å². The largest absolute Gasteiger partial charge is 0.487 e. The van der Waals surface area contributed by atoms with Gasteiger partial charge in [0.15, 0.2) is 0 Å². The highest BCUT2D eigenvalue weighted by Crippen LogP contribution is 2.23. The summed E-state index contributed by atoms with van der Waals surface area (Å²) in [6.07, 6.45) is 1.73. The number of nitrogens with zero attached hydrogens (tertiary/aromatic N) is 1. The summed E-state index contributed by atoms with van der Waals surface area (Å²) < 4.78 is 5.76. The Balaban J connectivity index is 1.71. The van der Waals surface area contributed by atoms with Gasteiger partial charge in [-0.15, -0.1) is 0 Å². The van der Waals surface area contributed by atoms with Crippen LogP contribution in [0.1, 0.15) is 17.3 Å². The van der Waals surface area contributed by atoms with Crippen LogP contribution in [0.2, 0.25) is 0 Å². The smallest absolute Gasteiger partial charge is 0.244 e. The number of hydrogen-bond donors (Lipinski definition) is 2. The highest BCUT2D eigenvalue weighted by molar-refractivity contribution is 5.84. The molecule has 25 heavy (non-hydrogen) atoms. The number of ether oxygens (including phenoxy) is 1. The number of carbonyl (C=O) groups is 1. The third-order valence-corrected chi connectivity index (χ3v) is 3.68. The molecule has 1 aromatic heterocycles. The highest BCUT2D eigenvalue weighted by Gasteiger charge is 2.17. The number of amides is 1. The molecule has 1 amide bonds. The molecule has 0 aliphatic heterocycles. The van der Waals surface area contributed by atoms with Gasteiger partial charge in [0.05, 0.1) is 5.69 Å². The molecule has 0 saturated carbocycles. The molecule has 3 aromatic rings. The van der Waals surface area contributed by atoms with E-state index in [1.807, 2.05) is 72.8 Å². The number of hydrogen-bond acceptors (Lipinski definition) is 4. The van der Waals surface area contributed by atoms with Gasteiger partial charge in [-0.05, 0) is 29.8 Å². The Morgan fingerprint density at radius 3 is 2.56 bits per heavy atom. The van der Waals surface area contributed by atoms with E-state index in [2.05, 4.69) is 10.3 Å². The molecule has 1 atom stereocenters. The molecule has 0 aliphatic carbocycles. The molecule has 126 valence electrons. The van der Waals surface area contributed by atoms with Crippen LogP contribution in [-0.2, 0) is 11.4 Å². The normalized spacial score (nSPS) is 11.5. The van der Waals surface area contributed by atoms with Gasteiger partial charge in [0.1, 0.15) is 18.4 Å². The Hall–Kier alpha value is -3.34. The van der Waals surface area contributed by atoms with Crippen LogP contribution >= 0.6 is 0 Å². The first-order chi connectivity index (χ1) is 12.2. The zero-order valence-electron chi connectivity index (χ0n) is 13.6. The van der Waals surface area contributed by atoms with Crippen LogP contribution in [0.3, 0.4) is 0 Å². The molecular weight excluding hydrogens is 314 g/mol. The van der Waals surface area contributed by atoms with Gasteiger partial charge in [-0.1, -0.05) is 42.5 Å². The zero-order valence-corrected chi connectivity index (χ0v) is 13.6. The Kier molecular flexibility index (Phi) is 5.26. The maximum absolute atomic E-state index is 11.8. The van der Waals surface area contributed by atoms with Crippen molar-refractivity contribution >= 4 is 11.6 Å². The van der Waals surface area contributed by atoms with Crippen LogP contribution in [0.4, 0.5) is 5.69 Å². The molecule has 0 saturated heterocycles. The summed E-state index contributed by atoms with van der Waals surface area (Å²) in [4.78, 5) is 16.0. The van der Waals surface area contributed by atoms with Crippen molar-refractivity contribution in [1.82, 2.24) is 4.98 Å². The fourth-order valence-corrected chi connectivity index (χ4v) is 2.45. The molecule has 1 heterocycles. The van der Waals surface area contributed by atoms with E-state index in [9.17, 15) is 4.79 Å². The van der Waals surface area contributed by atoms with Gasteiger partial charge in [0.2, 0.25) is 5.91 Å². The minimum atomic E-state index is -0.604. The predicted octanol–water partition coefficient (Wildman–Crippen LogP) is 3.30. The molecule has 0 radical (unpaired) electrons. The van der Waals surface area contributed by atoms with E-state index < -0.39 is 11.9 Å². The number of benzene rings is 2. The summed E-state index contributed by atoms with van der Waals surface area (Å²) in [7, 11) is 0. The van der Waals surface area contributed by atoms with E-state index in [0.717, 1.165) is 16.9 Å². The highest BCUT2D eigenvalue weighted by atomic mass is 16.5. The number of anilines is 1. The lowest BCUT2D eigenvalue weighted by atomic mass is 10.1. The average molecular weight is 333 g/mol. The Morgan fingerprint density at radius 2 is 1.84 bits per heavy atom. The van der Waals surface area contributed by atoms with Crippen molar-refractivity contribution in [1.29, 1.82) is 0 Å². The van der Waals surface area contributed by atoms with Gasteiger partial charge < -0.3 is 15.8 Å². The Bertz CT molecular complexity index is 823. The van der Waals surface area contributed by atoms with Gasteiger partial charge in [-0.25, -0.2) is 0 Å². The Morgan fingerprint density at radius 1 is 1.04 bits per heavy atom. The van der Waals surface area contributed by atoms with E-state index in [0.29, 0.717) is 12.4 Å². The van der Waals surface area contributed by atoms with Crippen LogP contribution in [0, 0.1) is 0 Å². The van der Waals surface area contributed by atoms with Gasteiger partial charge in [0, 0.05) is 18.0 Å². The van der Waals surface area contributed by atoms with Gasteiger partial charge in [-0.3, -0.25) is 9.78 Å². The SMILES string of the molecule is NC(=O)C(Nc1cccc(OCc2ccccn2)c1)c1ccccc1. The summed E-state index contributed by atoms with van der Waals surface area (Å²) in [6.45, 7) is 0.377. The standard InChI is InChI=1S/C20H19N3O2/c21-20(24)19(15-7-2-1-3-8-15)23-16-10-6-11-18(13-16)25-14-17-9-4-5-12-22-17/h1-13,19,23H,14H2,(H2,21,24). The number of nitrogens with one attached hydrogen (secondary N) is 1. The predicted molar refractivity (Wildman–Crippen MR) is 97.0 cm³/mol. The number of aromatic nitrogens is 1. The third kappa shape index (κ3) is 4.57. The zero-order chi connectivity index (χ0) is 17.5. The van der Waals surface area contributed by atoms with Crippen molar-refractivity contribution < 1.29 is 9.53 Å². The van der Waals surface area contributed by atoms with E-state index in [1.165, 1.54) is 0 Å². The molecule has 0 bridgehead atoms. The van der Waals surface area contributed by atoms with Gasteiger partial charge in [0.25, 0.3) is 0 Å². The average Bonchev–Trinajstić information content (AvgIpc) is 2.66. The molecule has 0 spiro atoms. The van der Waals surface area contributed by atoms with Gasteiger partial charge in [-0.2, -0.15) is 0 Å². The number of pyridine rings is 1. The number of rotatable bonds is 7. The van der Waals surface area contributed by atoms with Crippen molar-refractivity contribution in [3.05, 3.63) is 90.3 Å². The first kappa shape index (κ1) is 16.5. The fourth-order valence-electron chi connectivity index (χ4n) is 2.45. The fraction of sp³-hybridized carbons (Fsp3) is 0.100. The topological polar surface area (TPSA) is 77.2 Å². The van der Waals surface area contributed by atoms with E-state index in [-0.39, 0.29) is 0 Å². The van der Waals surface area contributed by atoms with Crippen molar-refractivity contribution in [2.24, 2.45) is 5.73 Å². The van der Waals surface area contributed by atoms with Crippen molar-refractivity contribution in [3.63, 3.8) is 0 Å². The molecule has 5 heteroatoms. The maximum atomic E-state index is 11.8. The van der Waals surface area contributed by atoms with Crippen LogP contribution in [0.15, 0.2) is 79.0 Å². The lowest BCUT2D eigenvalue weighted by Gasteiger charge is -2.17. The summed E-state index contributed by atoms with van der Waals surface area (Å²) >= 11 is 0. The molecule has 1 unspecified atom stereocenters. The molecule has 3 N–H and O–H groups in total. The second kappa shape index (κ2) is 7.97. The van der Waals surface area contributed by atoms with Crippen LogP contribution in [-0.4, -0.2) is 10.9 Å². The van der Waals surface area contributed by atoms with E-state index >= 15 is 0 Å². The first-order valence-electron chi connectivity index (χ1n) is 7.96. The minimum absolute atomic E-state index is 0.377. The van der Waals surface area contributed by atoms with Crippen molar-refractivity contribution in [2.45, 2.75) is 12.6 Å². The summed E-state index contributed by atoms with van der Waals surface area (Å²) in [6, 6.07) is 21.9. The number of primary amides is 1. The number of carbonyl (C=O) groups excluding carboxylic acids is 1. The summed E-state index contributed by atoms with van der Waals surface area (Å²) in [5.41, 5.74) is 7.97. The van der Waals surface area contributed by atoms with Crippen LogP contribution < -0.4 is 15.8 Å². The lowest BCUT2D eigenvalue weighted by molar-refractivity contribution is -0.118. The second-order valence-corrected chi connectivity index (χ2v) is 5.53. The molecule has 0 aliphatic rings. The quantitative estimate of drug-likeness (QED) is 0.695. The first-order valence-corrected chi connectivity index (χ1v) is 7.96. The van der Waals surface area contributed by atoms with Gasteiger partial charge >= 0.3 is 0 Å². The van der Waals surface area contributed by atoms with Crippen molar-refractivity contribution in [3.8, 4) is 5.75 Å². The minimum Gasteiger partial charge on any atom is -0.487 e. The lowest BCUT2D eigenvalue weighted by Crippen LogP contribution is -2.27. The van der Waals surface area contributed by atoms with Crippen molar-refractivity contribution in [2.75, 3.05) is 5.32 Å². The van der Waals surface area contributed by atoms with E-state index in [1.54, 1.807) is 6.20 Å². The molecule has 5 nitrogen and oxygen atoms in total. The molecule has 3 rings (SSSR count). The molecule has 2 aromatic carbocycles. The Labute approximate surface area is 146 Å². The summed E-state index contributed by atoms with van der Waals surface area (Å²) in [5, 5.41) is 3.16.